The average molecular weight is 318 g/mol. The molecule has 5 nitrogen and oxygen atoms in total. The summed E-state index contributed by atoms with van der Waals surface area (Å²) in [7, 11) is 0. The van der Waals surface area contributed by atoms with E-state index in [1.54, 1.807) is 18.3 Å². The summed E-state index contributed by atoms with van der Waals surface area (Å²) >= 11 is 0. The molecule has 2 aromatic rings. The minimum atomic E-state index is 0.396. The van der Waals surface area contributed by atoms with E-state index in [0.29, 0.717) is 11.5 Å². The van der Waals surface area contributed by atoms with E-state index in [-0.39, 0.29) is 0 Å². The van der Waals surface area contributed by atoms with E-state index in [0.717, 1.165) is 37.2 Å². The molecule has 1 fully saturated rings. The van der Waals surface area contributed by atoms with Gasteiger partial charge in [0.25, 0.3) is 0 Å². The third-order valence-electron chi connectivity index (χ3n) is 3.97. The van der Waals surface area contributed by atoms with Crippen LogP contribution >= 0.6 is 0 Å². The molecule has 1 aromatic carbocycles. The van der Waals surface area contributed by atoms with Crippen LogP contribution in [0.5, 0.6) is 0 Å². The van der Waals surface area contributed by atoms with Gasteiger partial charge in [0.1, 0.15) is 5.69 Å². The molecular formula is C19H18N4O. The van der Waals surface area contributed by atoms with E-state index >= 15 is 0 Å². The number of rotatable bonds is 2. The second kappa shape index (κ2) is 7.42. The van der Waals surface area contributed by atoms with Gasteiger partial charge in [-0.3, -0.25) is 0 Å². The van der Waals surface area contributed by atoms with Crippen LogP contribution in [0.1, 0.15) is 18.4 Å². The minimum absolute atomic E-state index is 0.396. The number of nitrogens with two attached hydrogens (primary N) is 1. The van der Waals surface area contributed by atoms with Gasteiger partial charge in [0.15, 0.2) is 5.82 Å². The number of benzene rings is 1. The van der Waals surface area contributed by atoms with Crippen molar-refractivity contribution in [1.82, 2.24) is 4.98 Å². The molecule has 0 amide bonds. The van der Waals surface area contributed by atoms with Crippen molar-refractivity contribution in [3.05, 3.63) is 64.7 Å². The zero-order valence-corrected chi connectivity index (χ0v) is 13.3. The van der Waals surface area contributed by atoms with Crippen molar-refractivity contribution >= 4 is 17.2 Å². The number of anilines is 2. The summed E-state index contributed by atoms with van der Waals surface area (Å²) < 4.78 is 0. The molecule has 0 saturated carbocycles. The van der Waals surface area contributed by atoms with Crippen LogP contribution in [-0.2, 0) is 0 Å². The lowest BCUT2D eigenvalue weighted by Crippen LogP contribution is -2.31. The van der Waals surface area contributed by atoms with Crippen LogP contribution < -0.4 is 10.6 Å². The van der Waals surface area contributed by atoms with E-state index in [1.807, 2.05) is 30.3 Å². The Balaban J connectivity index is 1.63. The van der Waals surface area contributed by atoms with Crippen LogP contribution in [0.25, 0.3) is 0 Å². The summed E-state index contributed by atoms with van der Waals surface area (Å²) in [5, 5.41) is 3.05. The van der Waals surface area contributed by atoms with Crippen LogP contribution in [0.4, 0.5) is 17.2 Å². The van der Waals surface area contributed by atoms with Crippen LogP contribution in [0.3, 0.4) is 0 Å². The van der Waals surface area contributed by atoms with E-state index in [4.69, 9.17) is 5.73 Å². The molecule has 0 unspecified atom stereocenters. The number of pyridine rings is 1. The number of aromatic nitrogens is 1. The molecule has 24 heavy (non-hydrogen) atoms. The highest BCUT2D eigenvalue weighted by molar-refractivity contribution is 5.61. The number of hydrogen-bond donors (Lipinski definition) is 1. The molecule has 0 bridgehead atoms. The van der Waals surface area contributed by atoms with Gasteiger partial charge in [-0.15, -0.1) is 4.91 Å². The highest BCUT2D eigenvalue weighted by Crippen LogP contribution is 2.28. The number of allylic oxidation sites excluding steroid dienone is 1. The lowest BCUT2D eigenvalue weighted by molar-refractivity contribution is 0.678. The van der Waals surface area contributed by atoms with E-state index in [1.165, 1.54) is 5.57 Å². The Morgan fingerprint density at radius 2 is 1.92 bits per heavy atom. The first kappa shape index (κ1) is 15.8. The number of nitrogens with zero attached hydrogens (tertiary/aromatic N) is 3. The van der Waals surface area contributed by atoms with Gasteiger partial charge in [-0.25, -0.2) is 4.98 Å². The molecule has 2 heterocycles. The Morgan fingerprint density at radius 1 is 1.17 bits per heavy atom. The van der Waals surface area contributed by atoms with Crippen LogP contribution in [-0.4, -0.2) is 18.1 Å². The predicted molar refractivity (Wildman–Crippen MR) is 97.0 cm³/mol. The van der Waals surface area contributed by atoms with Crippen molar-refractivity contribution in [1.29, 1.82) is 0 Å². The Morgan fingerprint density at radius 3 is 2.62 bits per heavy atom. The summed E-state index contributed by atoms with van der Waals surface area (Å²) in [5.41, 5.74) is 9.06. The first-order valence-corrected chi connectivity index (χ1v) is 7.84. The second-order valence-electron chi connectivity index (χ2n) is 5.62. The highest BCUT2D eigenvalue weighted by atomic mass is 16.3. The van der Waals surface area contributed by atoms with Gasteiger partial charge in [-0.1, -0.05) is 17.4 Å². The molecule has 1 aliphatic rings. The molecular weight excluding hydrogens is 300 g/mol. The van der Waals surface area contributed by atoms with Gasteiger partial charge < -0.3 is 10.6 Å². The fraction of sp³-hybridized carbons (Fsp3) is 0.211. The van der Waals surface area contributed by atoms with Gasteiger partial charge in [-0.05, 0) is 60.5 Å². The molecule has 2 N–H and O–H groups in total. The molecule has 120 valence electrons. The quantitative estimate of drug-likeness (QED) is 0.521. The van der Waals surface area contributed by atoms with Gasteiger partial charge in [0.05, 0.1) is 0 Å². The predicted octanol–water partition coefficient (Wildman–Crippen LogP) is 3.64. The van der Waals surface area contributed by atoms with E-state index in [9.17, 15) is 4.91 Å². The Labute approximate surface area is 141 Å². The fourth-order valence-electron chi connectivity index (χ4n) is 2.64. The lowest BCUT2D eigenvalue weighted by atomic mass is 10.0. The second-order valence-corrected chi connectivity index (χ2v) is 5.62. The van der Waals surface area contributed by atoms with Crippen LogP contribution in [0.15, 0.2) is 59.4 Å². The number of piperidine rings is 1. The van der Waals surface area contributed by atoms with Gasteiger partial charge in [0, 0.05) is 30.5 Å². The summed E-state index contributed by atoms with van der Waals surface area (Å²) in [4.78, 5) is 17.3. The van der Waals surface area contributed by atoms with Crippen LogP contribution in [0.2, 0.25) is 0 Å². The Kier molecular flexibility index (Phi) is 4.87. The highest BCUT2D eigenvalue weighted by Gasteiger charge is 2.18. The molecule has 0 spiro atoms. The molecule has 0 radical (unpaired) electrons. The zero-order chi connectivity index (χ0) is 16.8. The van der Waals surface area contributed by atoms with Crippen molar-refractivity contribution in [3.63, 3.8) is 0 Å². The maximum absolute atomic E-state index is 10.9. The van der Waals surface area contributed by atoms with Gasteiger partial charge in [-0.2, -0.15) is 0 Å². The van der Waals surface area contributed by atoms with Gasteiger partial charge >= 0.3 is 0 Å². The molecule has 3 rings (SSSR count). The van der Waals surface area contributed by atoms with Gasteiger partial charge in [0.2, 0.25) is 0 Å². The number of nitrogen functional groups attached to an aromatic ring is 1. The number of nitroso groups, excluding NO2 is 1. The molecule has 0 aliphatic carbocycles. The summed E-state index contributed by atoms with van der Waals surface area (Å²) in [6.45, 7) is 1.63. The molecule has 0 atom stereocenters. The van der Waals surface area contributed by atoms with Crippen molar-refractivity contribution in [3.8, 4) is 11.8 Å². The first-order chi connectivity index (χ1) is 11.8. The molecule has 1 saturated heterocycles. The lowest BCUT2D eigenvalue weighted by Gasteiger charge is -2.29. The smallest absolute Gasteiger partial charge is 0.158 e. The standard InChI is InChI=1S/C19H18N4O/c20-17-8-6-15(7-9-17)3-1-4-16-10-13-23(14-11-16)19-18(22-24)5-2-12-21-19/h2,4-9,12H,10-11,13-14,20H2. The summed E-state index contributed by atoms with van der Waals surface area (Å²) in [6.07, 6.45) is 5.50. The summed E-state index contributed by atoms with van der Waals surface area (Å²) in [5.74, 6) is 6.89. The normalized spacial score (nSPS) is 13.8. The average Bonchev–Trinajstić information content (AvgIpc) is 2.64. The van der Waals surface area contributed by atoms with Crippen molar-refractivity contribution in [2.24, 2.45) is 5.18 Å². The van der Waals surface area contributed by atoms with E-state index < -0.39 is 0 Å². The monoisotopic (exact) mass is 318 g/mol. The third kappa shape index (κ3) is 3.79. The fourth-order valence-corrected chi connectivity index (χ4v) is 2.64. The Hall–Kier alpha value is -3.13. The molecule has 1 aliphatic heterocycles. The van der Waals surface area contributed by atoms with Crippen molar-refractivity contribution in [2.75, 3.05) is 23.7 Å². The maximum atomic E-state index is 10.9. The SMILES string of the molecule is Nc1ccc(C#CC=C2CCN(c3ncccc3N=O)CC2)cc1. The molecule has 1 aromatic heterocycles. The van der Waals surface area contributed by atoms with Crippen molar-refractivity contribution in [2.45, 2.75) is 12.8 Å². The summed E-state index contributed by atoms with van der Waals surface area (Å²) in [6, 6.07) is 10.9. The Bertz CT molecular complexity index is 805. The largest absolute Gasteiger partial charge is 0.399 e. The van der Waals surface area contributed by atoms with E-state index in [2.05, 4.69) is 26.9 Å². The van der Waals surface area contributed by atoms with Crippen molar-refractivity contribution < 1.29 is 0 Å². The topological polar surface area (TPSA) is 71.6 Å². The minimum Gasteiger partial charge on any atom is -0.399 e. The zero-order valence-electron chi connectivity index (χ0n) is 13.3. The first-order valence-electron chi connectivity index (χ1n) is 7.84. The maximum Gasteiger partial charge on any atom is 0.158 e. The number of hydrogen-bond acceptors (Lipinski definition) is 5. The third-order valence-corrected chi connectivity index (χ3v) is 3.97. The van der Waals surface area contributed by atoms with Crippen LogP contribution in [0, 0.1) is 16.7 Å². The molecule has 5 heteroatoms.